The highest BCUT2D eigenvalue weighted by Crippen LogP contribution is 2.06. The zero-order valence-corrected chi connectivity index (χ0v) is 8.04. The maximum Gasteiger partial charge on any atom is 0.321 e. The Hall–Kier alpha value is -0.590. The highest BCUT2D eigenvalue weighted by Gasteiger charge is 2.12. The summed E-state index contributed by atoms with van der Waals surface area (Å²) in [5.74, 6) is -0.716. The van der Waals surface area contributed by atoms with Gasteiger partial charge in [0.05, 0.1) is 5.56 Å². The van der Waals surface area contributed by atoms with Crippen LogP contribution in [0.15, 0.2) is 16.8 Å². The third-order valence-corrected chi connectivity index (χ3v) is 2.34. The number of hydrogen-bond acceptors (Lipinski definition) is 4. The Morgan fingerprint density at radius 3 is 2.67 bits per heavy atom. The molecule has 0 aliphatic carbocycles. The van der Waals surface area contributed by atoms with Gasteiger partial charge >= 0.3 is 9.24 Å². The van der Waals surface area contributed by atoms with E-state index in [9.17, 15) is 13.2 Å². The number of halogens is 1. The first-order valence-corrected chi connectivity index (χ1v) is 6.03. The fourth-order valence-electron chi connectivity index (χ4n) is 0.563. The van der Waals surface area contributed by atoms with Gasteiger partial charge in [0.2, 0.25) is 0 Å². The molecule has 1 amide bonds. The summed E-state index contributed by atoms with van der Waals surface area (Å²) in [6.07, 6.45) is 0. The monoisotopic (exact) mass is 225 g/mol. The predicted molar refractivity (Wildman–Crippen MR) is 46.6 cm³/mol. The molecule has 0 unspecified atom stereocenters. The zero-order valence-electron chi connectivity index (χ0n) is 5.65. The minimum atomic E-state index is -3.97. The molecule has 0 saturated heterocycles. The Morgan fingerprint density at radius 2 is 2.25 bits per heavy atom. The van der Waals surface area contributed by atoms with Crippen LogP contribution in [0.4, 0.5) is 0 Å². The molecule has 1 rings (SSSR count). The van der Waals surface area contributed by atoms with E-state index in [-0.39, 0.29) is 5.56 Å². The smallest absolute Gasteiger partial charge is 0.268 e. The van der Waals surface area contributed by atoms with E-state index in [4.69, 9.17) is 10.7 Å². The van der Waals surface area contributed by atoms with E-state index >= 15 is 0 Å². The van der Waals surface area contributed by atoms with Crippen molar-refractivity contribution in [3.8, 4) is 0 Å². The van der Waals surface area contributed by atoms with Gasteiger partial charge in [-0.05, 0) is 11.4 Å². The van der Waals surface area contributed by atoms with E-state index in [1.807, 2.05) is 0 Å². The molecule has 0 radical (unpaired) electrons. The fourth-order valence-corrected chi connectivity index (χ4v) is 1.75. The molecule has 0 aliphatic heterocycles. The second kappa shape index (κ2) is 3.42. The highest BCUT2D eigenvalue weighted by atomic mass is 35.7. The van der Waals surface area contributed by atoms with Crippen LogP contribution in [0.2, 0.25) is 0 Å². The van der Waals surface area contributed by atoms with Gasteiger partial charge in [0.25, 0.3) is 5.91 Å². The van der Waals surface area contributed by atoms with Crippen molar-refractivity contribution in [3.63, 3.8) is 0 Å². The topological polar surface area (TPSA) is 63.2 Å². The molecule has 1 N–H and O–H groups in total. The van der Waals surface area contributed by atoms with Crippen molar-refractivity contribution < 1.29 is 13.2 Å². The summed E-state index contributed by atoms with van der Waals surface area (Å²) in [5.41, 5.74) is 0.282. The lowest BCUT2D eigenvalue weighted by molar-refractivity contribution is 0.0982. The number of carbonyl (C=O) groups is 1. The average molecular weight is 226 g/mol. The van der Waals surface area contributed by atoms with Crippen molar-refractivity contribution >= 4 is 37.2 Å². The van der Waals surface area contributed by atoms with Gasteiger partial charge in [-0.1, -0.05) is 0 Å². The second-order valence-corrected chi connectivity index (χ2v) is 4.96. The first-order chi connectivity index (χ1) is 5.49. The van der Waals surface area contributed by atoms with Crippen molar-refractivity contribution in [2.75, 3.05) is 0 Å². The number of carbonyl (C=O) groups excluding carboxylic acids is 1. The van der Waals surface area contributed by atoms with Crippen LogP contribution in [-0.2, 0) is 9.24 Å². The van der Waals surface area contributed by atoms with E-state index in [1.54, 1.807) is 10.1 Å². The van der Waals surface area contributed by atoms with Crippen LogP contribution >= 0.6 is 22.0 Å². The van der Waals surface area contributed by atoms with Crippen LogP contribution in [-0.4, -0.2) is 14.3 Å². The second-order valence-electron chi connectivity index (χ2n) is 1.88. The molecule has 1 aromatic rings. The van der Waals surface area contributed by atoms with Crippen molar-refractivity contribution in [2.24, 2.45) is 0 Å². The molecule has 66 valence electrons. The van der Waals surface area contributed by atoms with E-state index in [0.29, 0.717) is 0 Å². The van der Waals surface area contributed by atoms with E-state index < -0.39 is 15.1 Å². The van der Waals surface area contributed by atoms with Crippen LogP contribution in [0.1, 0.15) is 10.4 Å². The summed E-state index contributed by atoms with van der Waals surface area (Å²) in [4.78, 5) is 11.0. The molecule has 0 fully saturated rings. The van der Waals surface area contributed by atoms with Gasteiger partial charge in [0, 0.05) is 16.1 Å². The minimum Gasteiger partial charge on any atom is -0.268 e. The fraction of sp³-hybridized carbons (Fsp3) is 0. The lowest BCUT2D eigenvalue weighted by Gasteiger charge is -1.96. The molecule has 1 aromatic heterocycles. The largest absolute Gasteiger partial charge is 0.321 e. The molecule has 0 atom stereocenters. The molecule has 12 heavy (non-hydrogen) atoms. The number of thiophene rings is 1. The molecule has 0 saturated carbocycles. The molecule has 7 heteroatoms. The summed E-state index contributed by atoms with van der Waals surface area (Å²) in [7, 11) is 0.817. The lowest BCUT2D eigenvalue weighted by Crippen LogP contribution is -2.25. The van der Waals surface area contributed by atoms with Crippen molar-refractivity contribution in [1.29, 1.82) is 0 Å². The number of hydrogen-bond donors (Lipinski definition) is 1. The van der Waals surface area contributed by atoms with Gasteiger partial charge < -0.3 is 0 Å². The van der Waals surface area contributed by atoms with Crippen LogP contribution in [0.25, 0.3) is 0 Å². The van der Waals surface area contributed by atoms with Crippen molar-refractivity contribution in [2.45, 2.75) is 0 Å². The average Bonchev–Trinajstić information content (AvgIpc) is 2.32. The van der Waals surface area contributed by atoms with Crippen LogP contribution in [0.3, 0.4) is 0 Å². The van der Waals surface area contributed by atoms with Crippen LogP contribution in [0.5, 0.6) is 0 Å². The molecule has 0 aliphatic rings. The molecule has 4 nitrogen and oxygen atoms in total. The van der Waals surface area contributed by atoms with Gasteiger partial charge in [-0.25, -0.2) is 4.72 Å². The normalized spacial score (nSPS) is 11.1. The summed E-state index contributed by atoms with van der Waals surface area (Å²) in [6, 6.07) is 1.50. The molecule has 1 heterocycles. The summed E-state index contributed by atoms with van der Waals surface area (Å²) < 4.78 is 22.4. The third kappa shape index (κ3) is 2.80. The Balaban J connectivity index is 2.76. The minimum absolute atomic E-state index is 0.282. The summed E-state index contributed by atoms with van der Waals surface area (Å²) in [5, 5.41) is 3.19. The number of rotatable bonds is 2. The summed E-state index contributed by atoms with van der Waals surface area (Å²) in [6.45, 7) is 0. The standard InChI is InChI=1S/C5H4ClNO3S2/c6-12(9,10)7-5(8)4-1-2-11-3-4/h1-3H,(H,7,8). The Bertz CT molecular complexity index is 369. The van der Waals surface area contributed by atoms with E-state index in [0.717, 1.165) is 0 Å². The first-order valence-electron chi connectivity index (χ1n) is 2.78. The molecule has 0 aromatic carbocycles. The van der Waals surface area contributed by atoms with Gasteiger partial charge in [0.15, 0.2) is 0 Å². The molecular weight excluding hydrogens is 222 g/mol. The quantitative estimate of drug-likeness (QED) is 0.763. The van der Waals surface area contributed by atoms with Crippen molar-refractivity contribution in [1.82, 2.24) is 4.72 Å². The van der Waals surface area contributed by atoms with Crippen LogP contribution < -0.4 is 4.72 Å². The van der Waals surface area contributed by atoms with Gasteiger partial charge in [-0.15, -0.1) is 0 Å². The van der Waals surface area contributed by atoms with Gasteiger partial charge in [-0.2, -0.15) is 19.8 Å². The Kier molecular flexibility index (Phi) is 2.71. The van der Waals surface area contributed by atoms with E-state index in [2.05, 4.69) is 0 Å². The van der Waals surface area contributed by atoms with E-state index in [1.165, 1.54) is 22.8 Å². The Labute approximate surface area is 77.7 Å². The number of amides is 1. The van der Waals surface area contributed by atoms with Gasteiger partial charge in [0.1, 0.15) is 0 Å². The SMILES string of the molecule is O=C(NS(=O)(=O)Cl)c1ccsc1. The molecular formula is C5H4ClNO3S2. The maximum absolute atomic E-state index is 11.0. The number of nitrogens with one attached hydrogen (secondary N) is 1. The van der Waals surface area contributed by atoms with Crippen molar-refractivity contribution in [3.05, 3.63) is 22.4 Å². The first kappa shape index (κ1) is 9.50. The lowest BCUT2D eigenvalue weighted by atomic mass is 10.3. The predicted octanol–water partition coefficient (Wildman–Crippen LogP) is 0.962. The maximum atomic E-state index is 11.0. The molecule has 0 bridgehead atoms. The molecule has 0 spiro atoms. The van der Waals surface area contributed by atoms with Gasteiger partial charge in [-0.3, -0.25) is 4.79 Å². The Morgan fingerprint density at radius 1 is 1.58 bits per heavy atom. The highest BCUT2D eigenvalue weighted by molar-refractivity contribution is 8.12. The summed E-state index contributed by atoms with van der Waals surface area (Å²) >= 11 is 1.30. The van der Waals surface area contributed by atoms with Crippen LogP contribution in [0, 0.1) is 0 Å². The zero-order chi connectivity index (χ0) is 9.19. The third-order valence-electron chi connectivity index (χ3n) is 0.998.